The van der Waals surface area contributed by atoms with Gasteiger partial charge in [0.2, 0.25) is 5.79 Å². The maximum atomic E-state index is 11.6. The lowest BCUT2D eigenvalue weighted by molar-refractivity contribution is -0.321. The molecule has 0 aliphatic carbocycles. The zero-order valence-electron chi connectivity index (χ0n) is 34.6. The zero-order chi connectivity index (χ0) is 40.9. The highest BCUT2D eigenvalue weighted by atomic mass is 16.7. The predicted octanol–water partition coefficient (Wildman–Crippen LogP) is 5.21. The van der Waals surface area contributed by atoms with Gasteiger partial charge < -0.3 is 58.7 Å². The number of carbonyl (C=O) groups is 1. The first-order chi connectivity index (χ1) is 26.9. The normalized spacial score (nSPS) is 45.4. The van der Waals surface area contributed by atoms with Gasteiger partial charge in [0.1, 0.15) is 24.4 Å². The molecule has 0 aromatic heterocycles. The van der Waals surface area contributed by atoms with E-state index in [1.54, 1.807) is 6.08 Å². The van der Waals surface area contributed by atoms with Crippen LogP contribution in [-0.2, 0) is 38.0 Å². The third kappa shape index (κ3) is 9.15. The molecule has 13 heteroatoms. The standard InChI is InChI=1S/C44H68O13/c1-25-21-34(55-44(23-25)35(46)12-11-31(54-44)24-41(6,50)40(48)49)26(2)9-10-30-14-18-43(53-30)19-15-33-39(57-43)36(47)29(5)38(52-33)32(45)22-28(4)37-27(3)13-17-42(56-37)16-7-8-20-51-42/h9-10,23,26-28,30-39,45-47,50H,5,7-8,11-22,24H2,1-4,6H3,(H,48,49)/b10-9+/t26-,27-,28+,30+,31+,32+,33?,34+,35-,36-,37?,38+,39?,41-,42+,43-,44-/m1/s1. The van der Waals surface area contributed by atoms with Crippen molar-refractivity contribution in [1.82, 2.24) is 0 Å². The first-order valence-electron chi connectivity index (χ1n) is 21.7. The molecule has 0 radical (unpaired) electrons. The molecule has 57 heavy (non-hydrogen) atoms. The van der Waals surface area contributed by atoms with Crippen LogP contribution in [0.4, 0.5) is 0 Å². The van der Waals surface area contributed by atoms with Crippen molar-refractivity contribution in [3.63, 3.8) is 0 Å². The Morgan fingerprint density at radius 1 is 1.00 bits per heavy atom. The summed E-state index contributed by atoms with van der Waals surface area (Å²) in [4.78, 5) is 11.6. The highest BCUT2D eigenvalue weighted by Crippen LogP contribution is 2.47. The number of aliphatic hydroxyl groups excluding tert-OH is 3. The van der Waals surface area contributed by atoms with Crippen molar-refractivity contribution in [1.29, 1.82) is 0 Å². The second-order valence-corrected chi connectivity index (χ2v) is 18.9. The smallest absolute Gasteiger partial charge is 0.335 e. The molecule has 7 heterocycles. The molecule has 0 aromatic rings. The number of aliphatic hydroxyl groups is 4. The lowest BCUT2D eigenvalue weighted by atomic mass is 9.79. The molecule has 5 N–H and O–H groups in total. The van der Waals surface area contributed by atoms with E-state index in [1.807, 2.05) is 19.9 Å². The Hall–Kier alpha value is -1.75. The average Bonchev–Trinajstić information content (AvgIpc) is 3.56. The summed E-state index contributed by atoms with van der Waals surface area (Å²) in [7, 11) is 0. The van der Waals surface area contributed by atoms with Crippen LogP contribution in [-0.4, -0.2) is 122 Å². The Kier molecular flexibility index (Phi) is 12.9. The van der Waals surface area contributed by atoms with E-state index in [1.165, 1.54) is 6.92 Å². The fourth-order valence-corrected chi connectivity index (χ4v) is 10.5. The number of rotatable bonds is 10. The van der Waals surface area contributed by atoms with Crippen LogP contribution < -0.4 is 0 Å². The molecular weight excluding hydrogens is 736 g/mol. The molecule has 7 rings (SSSR count). The van der Waals surface area contributed by atoms with E-state index in [9.17, 15) is 30.3 Å². The van der Waals surface area contributed by atoms with Gasteiger partial charge >= 0.3 is 5.97 Å². The first-order valence-corrected chi connectivity index (χ1v) is 21.7. The Morgan fingerprint density at radius 3 is 2.49 bits per heavy atom. The van der Waals surface area contributed by atoms with Crippen molar-refractivity contribution < 1.29 is 63.5 Å². The minimum atomic E-state index is -1.96. The van der Waals surface area contributed by atoms with Gasteiger partial charge in [-0.25, -0.2) is 4.79 Å². The highest BCUT2D eigenvalue weighted by molar-refractivity contribution is 5.76. The number of hydrogen-bond donors (Lipinski definition) is 5. The fourth-order valence-electron chi connectivity index (χ4n) is 10.5. The number of ether oxygens (including phenoxy) is 7. The molecule has 6 fully saturated rings. The van der Waals surface area contributed by atoms with Gasteiger partial charge in [-0.1, -0.05) is 45.1 Å². The van der Waals surface area contributed by atoms with E-state index in [0.717, 1.165) is 50.7 Å². The van der Waals surface area contributed by atoms with Gasteiger partial charge in [-0.05, 0) is 95.1 Å². The molecule has 6 saturated heterocycles. The van der Waals surface area contributed by atoms with E-state index in [-0.39, 0.29) is 36.6 Å². The van der Waals surface area contributed by atoms with Crippen LogP contribution >= 0.6 is 0 Å². The zero-order valence-corrected chi connectivity index (χ0v) is 34.6. The van der Waals surface area contributed by atoms with Crippen molar-refractivity contribution in [3.05, 3.63) is 36.0 Å². The molecule has 17 atom stereocenters. The van der Waals surface area contributed by atoms with Crippen LogP contribution in [0.5, 0.6) is 0 Å². The second-order valence-electron chi connectivity index (χ2n) is 18.9. The minimum absolute atomic E-state index is 0.0423. The third-order valence-electron chi connectivity index (χ3n) is 14.0. The van der Waals surface area contributed by atoms with Gasteiger partial charge in [0.25, 0.3) is 0 Å². The molecular formula is C44H68O13. The summed E-state index contributed by atoms with van der Waals surface area (Å²) >= 11 is 0. The van der Waals surface area contributed by atoms with Crippen LogP contribution in [0.15, 0.2) is 36.0 Å². The number of fused-ring (bicyclic) bond motifs is 1. The quantitative estimate of drug-likeness (QED) is 0.182. The summed E-state index contributed by atoms with van der Waals surface area (Å²) in [6, 6.07) is 0. The fraction of sp³-hybridized carbons (Fsp3) is 0.841. The van der Waals surface area contributed by atoms with Crippen molar-refractivity contribution in [2.75, 3.05) is 6.61 Å². The van der Waals surface area contributed by atoms with Crippen LogP contribution in [0.1, 0.15) is 125 Å². The van der Waals surface area contributed by atoms with E-state index in [4.69, 9.17) is 33.2 Å². The molecule has 0 saturated carbocycles. The molecule has 322 valence electrons. The number of aliphatic carboxylic acids is 1. The van der Waals surface area contributed by atoms with Crippen LogP contribution in [0.2, 0.25) is 0 Å². The summed E-state index contributed by atoms with van der Waals surface area (Å²) in [6.07, 6.45) is 9.37. The molecule has 3 spiro atoms. The summed E-state index contributed by atoms with van der Waals surface area (Å²) < 4.78 is 45.2. The molecule has 7 aliphatic rings. The van der Waals surface area contributed by atoms with Gasteiger partial charge in [0, 0.05) is 38.0 Å². The summed E-state index contributed by atoms with van der Waals surface area (Å²) in [5, 5.41) is 54.0. The molecule has 3 unspecified atom stereocenters. The maximum Gasteiger partial charge on any atom is 0.335 e. The van der Waals surface area contributed by atoms with Gasteiger partial charge in [-0.3, -0.25) is 0 Å². The van der Waals surface area contributed by atoms with E-state index < -0.39 is 71.7 Å². The largest absolute Gasteiger partial charge is 0.479 e. The first kappa shape index (κ1) is 43.3. The van der Waals surface area contributed by atoms with Gasteiger partial charge in [-0.15, -0.1) is 0 Å². The SMILES string of the molecule is C=C1[C@@H](O)C2O[C@@]3(CCC2O[C@@H]1[C@@H](O)C[C@H](C)C1O[C@@]2(CCCCO2)CC[C@H]1C)CC[C@H](/C=C/[C@@H](C)[C@@H]1CC(C)=C[C@@]2(O[C@H](C[C@@](C)(O)C(=O)O)CC[C@H]2O)O1)O3. The van der Waals surface area contributed by atoms with Crippen LogP contribution in [0, 0.1) is 17.8 Å². The van der Waals surface area contributed by atoms with Crippen LogP contribution in [0.25, 0.3) is 0 Å². The Morgan fingerprint density at radius 2 is 1.75 bits per heavy atom. The van der Waals surface area contributed by atoms with Crippen molar-refractivity contribution >= 4 is 5.97 Å². The van der Waals surface area contributed by atoms with E-state index in [2.05, 4.69) is 26.5 Å². The lowest BCUT2D eigenvalue weighted by Gasteiger charge is -2.50. The molecule has 0 aromatic carbocycles. The van der Waals surface area contributed by atoms with Gasteiger partial charge in [0.15, 0.2) is 17.2 Å². The molecule has 0 bridgehead atoms. The second kappa shape index (κ2) is 17.0. The molecule has 7 aliphatic heterocycles. The monoisotopic (exact) mass is 804 g/mol. The van der Waals surface area contributed by atoms with Gasteiger partial charge in [0.05, 0.1) is 43.2 Å². The van der Waals surface area contributed by atoms with Crippen molar-refractivity contribution in [3.8, 4) is 0 Å². The molecule has 0 amide bonds. The Labute approximate surface area is 337 Å². The van der Waals surface area contributed by atoms with Crippen molar-refractivity contribution in [2.45, 2.75) is 209 Å². The number of carboxylic acids is 1. The lowest BCUT2D eigenvalue weighted by Crippen LogP contribution is -2.60. The summed E-state index contributed by atoms with van der Waals surface area (Å²) in [6.45, 7) is 14.5. The van der Waals surface area contributed by atoms with Crippen LogP contribution in [0.3, 0.4) is 0 Å². The Bertz CT molecular complexity index is 1510. The highest BCUT2D eigenvalue weighted by Gasteiger charge is 2.55. The van der Waals surface area contributed by atoms with Crippen molar-refractivity contribution in [2.24, 2.45) is 17.8 Å². The minimum Gasteiger partial charge on any atom is -0.479 e. The third-order valence-corrected chi connectivity index (χ3v) is 14.0. The van der Waals surface area contributed by atoms with E-state index >= 15 is 0 Å². The van der Waals surface area contributed by atoms with E-state index in [0.29, 0.717) is 56.4 Å². The summed E-state index contributed by atoms with van der Waals surface area (Å²) in [5.74, 6) is -3.82. The average molecular weight is 805 g/mol. The number of carboxylic acid groups (broad SMARTS) is 1. The topological polar surface area (TPSA) is 183 Å². The number of hydrogen-bond acceptors (Lipinski definition) is 12. The predicted molar refractivity (Wildman–Crippen MR) is 208 cm³/mol. The summed E-state index contributed by atoms with van der Waals surface area (Å²) in [5.41, 5.74) is -0.551. The molecule has 13 nitrogen and oxygen atoms in total. The maximum absolute atomic E-state index is 11.6. The Balaban J connectivity index is 0.920. The van der Waals surface area contributed by atoms with Gasteiger partial charge in [-0.2, -0.15) is 0 Å².